The highest BCUT2D eigenvalue weighted by Crippen LogP contribution is 2.26. The molecule has 0 saturated carbocycles. The van der Waals surface area contributed by atoms with Crippen molar-refractivity contribution in [2.24, 2.45) is 5.73 Å². The number of nitrogens with one attached hydrogen (secondary N) is 2. The predicted octanol–water partition coefficient (Wildman–Crippen LogP) is 4.51. The Morgan fingerprint density at radius 1 is 1.05 bits per heavy atom. The maximum atomic E-state index is 13.5. The molecule has 12 heteroatoms. The fraction of sp³-hybridized carbons (Fsp3) is 0.250. The van der Waals surface area contributed by atoms with E-state index in [0.717, 1.165) is 59.5 Å². The van der Waals surface area contributed by atoms with Crippen LogP contribution in [0.2, 0.25) is 0 Å². The standard InChI is InChI=1S/C32H33BrN8O3/c1-21-7-8-23(33)17-27(21)41-20-35-28(30(34)42)29(41)31(43)38-32-36-25-10-9-24(18-26(25)37-32)40-13-11-39(12-14-40)15-16-44-19-22-5-3-2-4-6-22/h2-10,17-18,20H,11-16,19H2,1H3,(H2,34,42)(H2,36,37,38,43). The highest BCUT2D eigenvalue weighted by molar-refractivity contribution is 9.10. The number of benzene rings is 3. The number of amides is 2. The highest BCUT2D eigenvalue weighted by atomic mass is 79.9. The first kappa shape index (κ1) is 29.5. The molecule has 0 atom stereocenters. The summed E-state index contributed by atoms with van der Waals surface area (Å²) in [6.07, 6.45) is 1.42. The number of anilines is 2. The molecule has 0 bridgehead atoms. The number of aromatic nitrogens is 4. The van der Waals surface area contributed by atoms with Crippen LogP contribution in [0.3, 0.4) is 0 Å². The molecule has 44 heavy (non-hydrogen) atoms. The molecule has 11 nitrogen and oxygen atoms in total. The van der Waals surface area contributed by atoms with E-state index in [0.29, 0.717) is 18.9 Å². The van der Waals surface area contributed by atoms with Gasteiger partial charge in [0.05, 0.1) is 29.9 Å². The first-order chi connectivity index (χ1) is 21.4. The molecule has 1 aliphatic heterocycles. The summed E-state index contributed by atoms with van der Waals surface area (Å²) in [7, 11) is 0. The quantitative estimate of drug-likeness (QED) is 0.188. The number of carbonyl (C=O) groups excluding carboxylic acids is 2. The average Bonchev–Trinajstić information content (AvgIpc) is 3.65. The number of nitrogens with two attached hydrogens (primary N) is 1. The van der Waals surface area contributed by atoms with Gasteiger partial charge in [0.1, 0.15) is 12.0 Å². The number of aromatic amines is 1. The molecule has 0 spiro atoms. The van der Waals surface area contributed by atoms with Gasteiger partial charge in [0.25, 0.3) is 11.8 Å². The molecule has 2 amide bonds. The first-order valence-corrected chi connectivity index (χ1v) is 15.2. The number of primary amides is 1. The fourth-order valence-electron chi connectivity index (χ4n) is 5.37. The molecule has 3 heterocycles. The molecule has 0 radical (unpaired) electrons. The minimum absolute atomic E-state index is 0.0307. The lowest BCUT2D eigenvalue weighted by atomic mass is 10.2. The van der Waals surface area contributed by atoms with Gasteiger partial charge in [-0.3, -0.25) is 24.4 Å². The topological polar surface area (TPSA) is 134 Å². The zero-order valence-electron chi connectivity index (χ0n) is 24.3. The summed E-state index contributed by atoms with van der Waals surface area (Å²) < 4.78 is 8.25. The maximum Gasteiger partial charge on any atom is 0.277 e. The van der Waals surface area contributed by atoms with Gasteiger partial charge in [-0.1, -0.05) is 52.3 Å². The van der Waals surface area contributed by atoms with Crippen LogP contribution < -0.4 is 16.0 Å². The zero-order chi connectivity index (χ0) is 30.6. The molecule has 1 saturated heterocycles. The van der Waals surface area contributed by atoms with Crippen LogP contribution in [0.15, 0.2) is 77.5 Å². The van der Waals surface area contributed by atoms with Crippen LogP contribution in [-0.4, -0.2) is 75.6 Å². The minimum Gasteiger partial charge on any atom is -0.375 e. The number of aryl methyl sites for hydroxylation is 1. The molecule has 226 valence electrons. The number of nitrogens with zero attached hydrogens (tertiary/aromatic N) is 5. The lowest BCUT2D eigenvalue weighted by molar-refractivity contribution is 0.0907. The third-order valence-corrected chi connectivity index (χ3v) is 8.24. The SMILES string of the molecule is Cc1ccc(Br)cc1-n1cnc(C(N)=O)c1C(=O)Nc1nc2cc(N3CCN(CCOCc4ccccc4)CC3)ccc2[nH]1. The number of H-pyrrole nitrogens is 1. The Morgan fingerprint density at radius 2 is 1.84 bits per heavy atom. The number of piperazine rings is 1. The molecule has 0 aliphatic carbocycles. The summed E-state index contributed by atoms with van der Waals surface area (Å²) in [5.41, 5.74) is 10.8. The molecule has 6 rings (SSSR count). The van der Waals surface area contributed by atoms with Crippen molar-refractivity contribution in [3.05, 3.63) is 100 Å². The zero-order valence-corrected chi connectivity index (χ0v) is 25.9. The van der Waals surface area contributed by atoms with E-state index in [4.69, 9.17) is 10.5 Å². The molecule has 5 aromatic rings. The molecule has 1 fully saturated rings. The number of ether oxygens (including phenoxy) is 1. The van der Waals surface area contributed by atoms with Gasteiger partial charge in [-0.2, -0.15) is 0 Å². The van der Waals surface area contributed by atoms with E-state index in [2.05, 4.69) is 64.2 Å². The number of hydrogen-bond acceptors (Lipinski definition) is 7. The molecular formula is C32H33BrN8O3. The van der Waals surface area contributed by atoms with E-state index in [9.17, 15) is 9.59 Å². The van der Waals surface area contributed by atoms with Gasteiger partial charge in [0.2, 0.25) is 5.95 Å². The lowest BCUT2D eigenvalue weighted by Gasteiger charge is -2.36. The molecule has 1 aliphatic rings. The second-order valence-electron chi connectivity index (χ2n) is 10.7. The van der Waals surface area contributed by atoms with Crippen LogP contribution in [0.4, 0.5) is 11.6 Å². The van der Waals surface area contributed by atoms with Crippen molar-refractivity contribution in [1.82, 2.24) is 24.4 Å². The Bertz CT molecular complexity index is 1790. The van der Waals surface area contributed by atoms with Crippen LogP contribution in [0, 0.1) is 6.92 Å². The normalized spacial score (nSPS) is 13.8. The van der Waals surface area contributed by atoms with Crippen molar-refractivity contribution in [3.63, 3.8) is 0 Å². The van der Waals surface area contributed by atoms with Gasteiger partial charge >= 0.3 is 0 Å². The third kappa shape index (κ3) is 6.52. The van der Waals surface area contributed by atoms with Crippen molar-refractivity contribution in [2.45, 2.75) is 13.5 Å². The molecule has 0 unspecified atom stereocenters. The molecule has 2 aromatic heterocycles. The number of carbonyl (C=O) groups is 2. The van der Waals surface area contributed by atoms with Gasteiger partial charge in [-0.15, -0.1) is 0 Å². The van der Waals surface area contributed by atoms with E-state index < -0.39 is 11.8 Å². The van der Waals surface area contributed by atoms with Crippen LogP contribution in [-0.2, 0) is 11.3 Å². The Morgan fingerprint density at radius 3 is 2.61 bits per heavy atom. The summed E-state index contributed by atoms with van der Waals surface area (Å²) in [6.45, 7) is 7.83. The Kier molecular flexibility index (Phi) is 8.73. The smallest absolute Gasteiger partial charge is 0.277 e. The number of imidazole rings is 2. The largest absolute Gasteiger partial charge is 0.375 e. The highest BCUT2D eigenvalue weighted by Gasteiger charge is 2.25. The Labute approximate surface area is 263 Å². The molecule has 3 aromatic carbocycles. The van der Waals surface area contributed by atoms with E-state index in [-0.39, 0.29) is 17.3 Å². The predicted molar refractivity (Wildman–Crippen MR) is 173 cm³/mol. The maximum absolute atomic E-state index is 13.5. The average molecular weight is 658 g/mol. The van der Waals surface area contributed by atoms with Crippen molar-refractivity contribution < 1.29 is 14.3 Å². The number of halogens is 1. The summed E-state index contributed by atoms with van der Waals surface area (Å²) in [6, 6.07) is 21.9. The summed E-state index contributed by atoms with van der Waals surface area (Å²) in [4.78, 5) is 42.3. The summed E-state index contributed by atoms with van der Waals surface area (Å²) in [5.74, 6) is -1.09. The van der Waals surface area contributed by atoms with E-state index in [1.165, 1.54) is 11.9 Å². The number of fused-ring (bicyclic) bond motifs is 1. The molecular weight excluding hydrogens is 624 g/mol. The lowest BCUT2D eigenvalue weighted by Crippen LogP contribution is -2.47. The van der Waals surface area contributed by atoms with Gasteiger partial charge < -0.3 is 20.4 Å². The second kappa shape index (κ2) is 13.0. The number of hydrogen-bond donors (Lipinski definition) is 3. The second-order valence-corrected chi connectivity index (χ2v) is 11.6. The third-order valence-electron chi connectivity index (χ3n) is 7.75. The van der Waals surface area contributed by atoms with Gasteiger partial charge in [-0.05, 0) is 48.4 Å². The van der Waals surface area contributed by atoms with Crippen molar-refractivity contribution >= 4 is 50.4 Å². The van der Waals surface area contributed by atoms with Crippen LogP contribution >= 0.6 is 15.9 Å². The van der Waals surface area contributed by atoms with E-state index in [1.54, 1.807) is 4.57 Å². The summed E-state index contributed by atoms with van der Waals surface area (Å²) in [5, 5.41) is 2.79. The van der Waals surface area contributed by atoms with Crippen molar-refractivity contribution in [3.8, 4) is 5.69 Å². The van der Waals surface area contributed by atoms with Crippen LogP contribution in [0.25, 0.3) is 16.7 Å². The first-order valence-electron chi connectivity index (χ1n) is 14.4. The van der Waals surface area contributed by atoms with Crippen molar-refractivity contribution in [2.75, 3.05) is 49.5 Å². The Hall–Kier alpha value is -4.52. The number of rotatable bonds is 10. The fourth-order valence-corrected chi connectivity index (χ4v) is 5.72. The van der Waals surface area contributed by atoms with E-state index in [1.807, 2.05) is 55.5 Å². The summed E-state index contributed by atoms with van der Waals surface area (Å²) >= 11 is 3.47. The van der Waals surface area contributed by atoms with Gasteiger partial charge in [0, 0.05) is 42.9 Å². The van der Waals surface area contributed by atoms with Crippen molar-refractivity contribution in [1.29, 1.82) is 0 Å². The Balaban J connectivity index is 1.10. The monoisotopic (exact) mass is 656 g/mol. The van der Waals surface area contributed by atoms with Gasteiger partial charge in [0.15, 0.2) is 5.69 Å². The van der Waals surface area contributed by atoms with Crippen LogP contribution in [0.1, 0.15) is 32.1 Å². The van der Waals surface area contributed by atoms with Gasteiger partial charge in [-0.25, -0.2) is 9.97 Å². The molecule has 4 N–H and O–H groups in total. The van der Waals surface area contributed by atoms with Crippen LogP contribution in [0.5, 0.6) is 0 Å². The minimum atomic E-state index is -0.796. The van der Waals surface area contributed by atoms with E-state index >= 15 is 0 Å².